The first-order valence-electron chi connectivity index (χ1n) is 8.10. The minimum atomic E-state index is -1.12. The van der Waals surface area contributed by atoms with Crippen LogP contribution in [0.2, 0.25) is 0 Å². The number of benzene rings is 2. The van der Waals surface area contributed by atoms with Crippen LogP contribution in [0.3, 0.4) is 0 Å². The number of aliphatic hydroxyl groups is 1. The molecule has 3 rings (SSSR count). The van der Waals surface area contributed by atoms with Crippen molar-refractivity contribution in [2.45, 2.75) is 24.9 Å². The van der Waals surface area contributed by atoms with Crippen molar-refractivity contribution in [3.63, 3.8) is 0 Å². The fraction of sp³-hybridized carbons (Fsp3) is 0.316. The predicted molar refractivity (Wildman–Crippen MR) is 89.1 cm³/mol. The van der Waals surface area contributed by atoms with Gasteiger partial charge in [0.1, 0.15) is 11.6 Å². The Morgan fingerprint density at radius 2 is 1.92 bits per heavy atom. The molecule has 132 valence electrons. The summed E-state index contributed by atoms with van der Waals surface area (Å²) < 4.78 is 33.0. The number of aliphatic hydroxyl groups excluding tert-OH is 1. The van der Waals surface area contributed by atoms with Crippen LogP contribution in [0.5, 0.6) is 0 Å². The van der Waals surface area contributed by atoms with E-state index in [4.69, 9.17) is 4.74 Å². The lowest BCUT2D eigenvalue weighted by Gasteiger charge is -2.36. The fourth-order valence-electron chi connectivity index (χ4n) is 3.21. The standard InChI is InChI=1S/C19H19F2NO3/c20-14-4-5-16(17(21)11-14)19(6-8-25-9-7-19)18(24)22-15-3-1-2-13(10-15)12-23/h1-5,10-11,23H,6-9,12H2,(H,22,24). The molecule has 0 atom stereocenters. The zero-order valence-corrected chi connectivity index (χ0v) is 13.6. The maximum Gasteiger partial charge on any atom is 0.235 e. The third-order valence-corrected chi connectivity index (χ3v) is 4.60. The molecule has 1 aliphatic rings. The Morgan fingerprint density at radius 1 is 1.16 bits per heavy atom. The lowest BCUT2D eigenvalue weighted by Crippen LogP contribution is -2.45. The number of nitrogens with one attached hydrogen (secondary N) is 1. The van der Waals surface area contributed by atoms with Crippen molar-refractivity contribution in [2.24, 2.45) is 0 Å². The van der Waals surface area contributed by atoms with E-state index in [1.807, 2.05) is 0 Å². The molecule has 0 saturated carbocycles. The van der Waals surface area contributed by atoms with Gasteiger partial charge in [0.25, 0.3) is 0 Å². The molecule has 2 aromatic rings. The lowest BCUT2D eigenvalue weighted by molar-refractivity contribution is -0.125. The molecule has 25 heavy (non-hydrogen) atoms. The molecule has 0 aromatic heterocycles. The van der Waals surface area contributed by atoms with Crippen molar-refractivity contribution >= 4 is 11.6 Å². The summed E-state index contributed by atoms with van der Waals surface area (Å²) in [4.78, 5) is 13.0. The van der Waals surface area contributed by atoms with Gasteiger partial charge in [-0.25, -0.2) is 8.78 Å². The van der Waals surface area contributed by atoms with Crippen LogP contribution in [0.1, 0.15) is 24.0 Å². The number of carbonyl (C=O) groups is 1. The van der Waals surface area contributed by atoms with Gasteiger partial charge in [-0.15, -0.1) is 0 Å². The first-order valence-corrected chi connectivity index (χ1v) is 8.10. The average molecular weight is 347 g/mol. The van der Waals surface area contributed by atoms with Gasteiger partial charge in [-0.2, -0.15) is 0 Å². The van der Waals surface area contributed by atoms with Gasteiger partial charge in [-0.1, -0.05) is 18.2 Å². The number of rotatable bonds is 4. The maximum absolute atomic E-state index is 14.4. The summed E-state index contributed by atoms with van der Waals surface area (Å²) in [7, 11) is 0. The summed E-state index contributed by atoms with van der Waals surface area (Å²) >= 11 is 0. The summed E-state index contributed by atoms with van der Waals surface area (Å²) in [6.07, 6.45) is 0.613. The van der Waals surface area contributed by atoms with Crippen molar-refractivity contribution in [2.75, 3.05) is 18.5 Å². The van der Waals surface area contributed by atoms with Gasteiger partial charge in [-0.05, 0) is 36.6 Å². The van der Waals surface area contributed by atoms with E-state index in [-0.39, 0.29) is 18.1 Å². The Bertz CT molecular complexity index is 773. The number of carbonyl (C=O) groups excluding carboxylic acids is 1. The van der Waals surface area contributed by atoms with Gasteiger partial charge in [0, 0.05) is 30.5 Å². The highest BCUT2D eigenvalue weighted by Gasteiger charge is 2.43. The van der Waals surface area contributed by atoms with Gasteiger partial charge >= 0.3 is 0 Å². The minimum absolute atomic E-state index is 0.144. The summed E-state index contributed by atoms with van der Waals surface area (Å²) in [5, 5.41) is 12.0. The molecule has 1 amide bonds. The number of amides is 1. The topological polar surface area (TPSA) is 58.6 Å². The van der Waals surface area contributed by atoms with Crippen molar-refractivity contribution in [1.29, 1.82) is 0 Å². The van der Waals surface area contributed by atoms with Crippen LogP contribution in [0.25, 0.3) is 0 Å². The third-order valence-electron chi connectivity index (χ3n) is 4.60. The Hall–Kier alpha value is -2.31. The monoisotopic (exact) mass is 347 g/mol. The number of anilines is 1. The van der Waals surface area contributed by atoms with Crippen LogP contribution in [-0.4, -0.2) is 24.2 Å². The van der Waals surface area contributed by atoms with Gasteiger partial charge in [0.2, 0.25) is 5.91 Å². The second-order valence-electron chi connectivity index (χ2n) is 6.13. The summed E-state index contributed by atoms with van der Waals surface area (Å²) in [6.45, 7) is 0.497. The van der Waals surface area contributed by atoms with E-state index in [2.05, 4.69) is 5.32 Å². The molecular weight excluding hydrogens is 328 g/mol. The summed E-state index contributed by atoms with van der Waals surface area (Å²) in [6, 6.07) is 10.1. The third kappa shape index (κ3) is 3.55. The number of hydrogen-bond acceptors (Lipinski definition) is 3. The zero-order chi connectivity index (χ0) is 17.9. The molecule has 1 heterocycles. The molecule has 6 heteroatoms. The van der Waals surface area contributed by atoms with E-state index in [1.54, 1.807) is 24.3 Å². The van der Waals surface area contributed by atoms with Crippen molar-refractivity contribution in [3.05, 3.63) is 65.2 Å². The van der Waals surface area contributed by atoms with Crippen molar-refractivity contribution in [1.82, 2.24) is 0 Å². The second-order valence-corrected chi connectivity index (χ2v) is 6.13. The van der Waals surface area contributed by atoms with Crippen LogP contribution in [0.15, 0.2) is 42.5 Å². The highest BCUT2D eigenvalue weighted by atomic mass is 19.1. The molecule has 0 radical (unpaired) electrons. The normalized spacial score (nSPS) is 16.4. The quantitative estimate of drug-likeness (QED) is 0.893. The maximum atomic E-state index is 14.4. The van der Waals surface area contributed by atoms with Crippen LogP contribution in [0.4, 0.5) is 14.5 Å². The van der Waals surface area contributed by atoms with E-state index in [0.29, 0.717) is 37.3 Å². The molecule has 0 aliphatic carbocycles. The average Bonchev–Trinajstić information content (AvgIpc) is 2.62. The summed E-state index contributed by atoms with van der Waals surface area (Å²) in [5.74, 6) is -1.78. The van der Waals surface area contributed by atoms with Crippen LogP contribution < -0.4 is 5.32 Å². The van der Waals surface area contributed by atoms with Gasteiger partial charge in [0.15, 0.2) is 0 Å². The van der Waals surface area contributed by atoms with E-state index >= 15 is 0 Å². The lowest BCUT2D eigenvalue weighted by atomic mass is 9.73. The molecule has 0 bridgehead atoms. The van der Waals surface area contributed by atoms with Gasteiger partial charge in [-0.3, -0.25) is 4.79 Å². The highest BCUT2D eigenvalue weighted by Crippen LogP contribution is 2.37. The van der Waals surface area contributed by atoms with Crippen molar-refractivity contribution < 1.29 is 23.4 Å². The van der Waals surface area contributed by atoms with Crippen molar-refractivity contribution in [3.8, 4) is 0 Å². The molecule has 1 aliphatic heterocycles. The molecular formula is C19H19F2NO3. The molecule has 1 saturated heterocycles. The Balaban J connectivity index is 1.95. The van der Waals surface area contributed by atoms with Gasteiger partial charge in [0.05, 0.1) is 12.0 Å². The Labute approximate surface area is 144 Å². The highest BCUT2D eigenvalue weighted by molar-refractivity contribution is 5.99. The second kappa shape index (κ2) is 7.29. The van der Waals surface area contributed by atoms with E-state index < -0.39 is 17.0 Å². The number of hydrogen-bond donors (Lipinski definition) is 2. The first-order chi connectivity index (χ1) is 12.0. The number of halogens is 2. The minimum Gasteiger partial charge on any atom is -0.392 e. The fourth-order valence-corrected chi connectivity index (χ4v) is 3.21. The molecule has 2 aromatic carbocycles. The van der Waals surface area contributed by atoms with E-state index in [0.717, 1.165) is 12.1 Å². The number of ether oxygens (including phenoxy) is 1. The molecule has 0 unspecified atom stereocenters. The Morgan fingerprint density at radius 3 is 2.60 bits per heavy atom. The Kier molecular flexibility index (Phi) is 5.11. The smallest absolute Gasteiger partial charge is 0.235 e. The van der Waals surface area contributed by atoms with Crippen LogP contribution >= 0.6 is 0 Å². The SMILES string of the molecule is O=C(Nc1cccc(CO)c1)C1(c2ccc(F)cc2F)CCOCC1. The molecule has 4 nitrogen and oxygen atoms in total. The van der Waals surface area contributed by atoms with Crippen LogP contribution in [-0.2, 0) is 21.6 Å². The van der Waals surface area contributed by atoms with Gasteiger partial charge < -0.3 is 15.2 Å². The van der Waals surface area contributed by atoms with E-state index in [1.165, 1.54) is 6.07 Å². The molecule has 0 spiro atoms. The largest absolute Gasteiger partial charge is 0.392 e. The first kappa shape index (κ1) is 17.5. The summed E-state index contributed by atoms with van der Waals surface area (Å²) in [5.41, 5.74) is 0.232. The van der Waals surface area contributed by atoms with Crippen LogP contribution in [0, 0.1) is 11.6 Å². The predicted octanol–water partition coefficient (Wildman–Crippen LogP) is 3.14. The van der Waals surface area contributed by atoms with E-state index in [9.17, 15) is 18.7 Å². The molecule has 1 fully saturated rings. The zero-order valence-electron chi connectivity index (χ0n) is 13.6. The molecule has 2 N–H and O–H groups in total.